The van der Waals surface area contributed by atoms with Crippen molar-refractivity contribution in [2.45, 2.75) is 31.2 Å². The number of H-pyrrole nitrogens is 1. The van der Waals surface area contributed by atoms with Crippen molar-refractivity contribution in [3.8, 4) is 0 Å². The molecule has 0 aliphatic carbocycles. The monoisotopic (exact) mass is 336 g/mol. The predicted molar refractivity (Wildman–Crippen MR) is 63.6 cm³/mol. The van der Waals surface area contributed by atoms with Crippen LogP contribution in [0.5, 0.6) is 0 Å². The van der Waals surface area contributed by atoms with Crippen LogP contribution in [0.15, 0.2) is 11.0 Å². The van der Waals surface area contributed by atoms with E-state index in [1.807, 2.05) is 27.0 Å². The molecule has 16 heavy (non-hydrogen) atoms. The van der Waals surface area contributed by atoms with Gasteiger partial charge in [0.2, 0.25) is 0 Å². The summed E-state index contributed by atoms with van der Waals surface area (Å²) < 4.78 is 2.63. The van der Waals surface area contributed by atoms with Gasteiger partial charge in [-0.15, -0.1) is 0 Å². The minimum atomic E-state index is -0.278. The average Bonchev–Trinajstić information content (AvgIpc) is 2.60. The zero-order valence-corrected chi connectivity index (χ0v) is 12.1. The first-order valence-electron chi connectivity index (χ1n) is 4.96. The third kappa shape index (κ3) is 1.76. The van der Waals surface area contributed by atoms with Crippen LogP contribution in [0.25, 0.3) is 5.65 Å². The molecule has 0 fully saturated rings. The van der Waals surface area contributed by atoms with Gasteiger partial charge in [-0.25, -0.2) is 0 Å². The molecule has 0 bridgehead atoms. The zero-order valence-electron chi connectivity index (χ0n) is 9.74. The van der Waals surface area contributed by atoms with E-state index in [-0.39, 0.29) is 31.9 Å². The molecule has 2 aromatic heterocycles. The molecule has 0 aromatic carbocycles. The van der Waals surface area contributed by atoms with Crippen molar-refractivity contribution in [2.24, 2.45) is 0 Å². The van der Waals surface area contributed by atoms with Gasteiger partial charge in [0, 0.05) is 0 Å². The summed E-state index contributed by atoms with van der Waals surface area (Å²) in [7, 11) is 0. The Bertz CT molecular complexity index is 578. The number of rotatable bonds is 1. The first-order chi connectivity index (χ1) is 7.45. The van der Waals surface area contributed by atoms with E-state index in [9.17, 15) is 4.79 Å². The van der Waals surface area contributed by atoms with Gasteiger partial charge in [0.1, 0.15) is 0 Å². The summed E-state index contributed by atoms with van der Waals surface area (Å²) in [5, 5.41) is 11.2. The van der Waals surface area contributed by atoms with Crippen molar-refractivity contribution in [2.75, 3.05) is 0 Å². The fraction of sp³-hybridized carbons (Fsp3) is 0.500. The van der Waals surface area contributed by atoms with E-state index in [1.54, 1.807) is 0 Å². The molecule has 0 saturated carbocycles. The van der Waals surface area contributed by atoms with Crippen LogP contribution < -0.4 is 9.17 Å². The van der Waals surface area contributed by atoms with E-state index < -0.39 is 0 Å². The third-order valence-electron chi connectivity index (χ3n) is 2.34. The Balaban J connectivity index is 2.77. The Morgan fingerprint density at radius 1 is 1.38 bits per heavy atom. The van der Waals surface area contributed by atoms with Crippen molar-refractivity contribution in [3.05, 3.63) is 22.2 Å². The molecule has 2 rings (SSSR count). The van der Waals surface area contributed by atoms with Gasteiger partial charge in [0.25, 0.3) is 0 Å². The quantitative estimate of drug-likeness (QED) is 0.753. The Hall–Kier alpha value is -0.860. The Labute approximate surface area is 103 Å². The number of aromatic amines is 1. The van der Waals surface area contributed by atoms with Crippen LogP contribution in [0.3, 0.4) is 0 Å². The SMILES string of the molecule is C[Te]c1c[nH]n2c(=O)c(C(C)(C)C)nnc12. The van der Waals surface area contributed by atoms with Gasteiger partial charge in [-0.3, -0.25) is 0 Å². The molecule has 0 atom stereocenters. The summed E-state index contributed by atoms with van der Waals surface area (Å²) in [5.74, 6) is 0. The third-order valence-corrected chi connectivity index (χ3v) is 4.45. The molecule has 0 amide bonds. The first-order valence-corrected chi connectivity index (χ1v) is 8.46. The topological polar surface area (TPSA) is 63.0 Å². The fourth-order valence-corrected chi connectivity index (χ4v) is 2.86. The van der Waals surface area contributed by atoms with Crippen molar-refractivity contribution >= 4 is 30.2 Å². The number of fused-ring (bicyclic) bond motifs is 1. The van der Waals surface area contributed by atoms with E-state index in [0.717, 1.165) is 3.61 Å². The van der Waals surface area contributed by atoms with Crippen molar-refractivity contribution in [3.63, 3.8) is 0 Å². The van der Waals surface area contributed by atoms with Crippen molar-refractivity contribution in [1.82, 2.24) is 19.8 Å². The van der Waals surface area contributed by atoms with Crippen LogP contribution in [-0.2, 0) is 5.41 Å². The Morgan fingerprint density at radius 3 is 2.62 bits per heavy atom. The van der Waals surface area contributed by atoms with E-state index in [2.05, 4.69) is 20.3 Å². The van der Waals surface area contributed by atoms with Crippen LogP contribution >= 0.6 is 0 Å². The van der Waals surface area contributed by atoms with Crippen molar-refractivity contribution in [1.29, 1.82) is 0 Å². The summed E-state index contributed by atoms with van der Waals surface area (Å²) in [6.07, 6.45) is 1.86. The molecule has 0 saturated heterocycles. The number of nitrogens with zero attached hydrogens (tertiary/aromatic N) is 3. The molecule has 0 spiro atoms. The summed E-state index contributed by atoms with van der Waals surface area (Å²) in [4.78, 5) is 14.3. The summed E-state index contributed by atoms with van der Waals surface area (Å²) in [6, 6.07) is 0. The molecule has 86 valence electrons. The molecule has 0 unspecified atom stereocenters. The van der Waals surface area contributed by atoms with Crippen LogP contribution in [0.1, 0.15) is 26.5 Å². The van der Waals surface area contributed by atoms with Gasteiger partial charge in [0.05, 0.1) is 0 Å². The van der Waals surface area contributed by atoms with Crippen LogP contribution in [-0.4, -0.2) is 40.7 Å². The van der Waals surface area contributed by atoms with E-state index in [4.69, 9.17) is 0 Å². The minimum absolute atomic E-state index is 0.0929. The van der Waals surface area contributed by atoms with Gasteiger partial charge >= 0.3 is 103 Å². The molecular weight excluding hydrogens is 320 g/mol. The first kappa shape index (κ1) is 11.6. The second kappa shape index (κ2) is 3.86. The number of nitrogens with one attached hydrogen (secondary N) is 1. The zero-order chi connectivity index (χ0) is 11.9. The van der Waals surface area contributed by atoms with Gasteiger partial charge in [0.15, 0.2) is 0 Å². The fourth-order valence-electron chi connectivity index (χ4n) is 1.47. The van der Waals surface area contributed by atoms with E-state index in [0.29, 0.717) is 11.3 Å². The normalized spacial score (nSPS) is 12.2. The molecule has 5 nitrogen and oxygen atoms in total. The average molecular weight is 334 g/mol. The number of aromatic nitrogens is 4. The second-order valence-corrected chi connectivity index (χ2v) is 7.03. The number of hydrogen-bond acceptors (Lipinski definition) is 3. The van der Waals surface area contributed by atoms with E-state index in [1.165, 1.54) is 4.52 Å². The molecule has 6 heteroatoms. The van der Waals surface area contributed by atoms with Gasteiger partial charge in [-0.05, 0) is 0 Å². The maximum atomic E-state index is 12.1. The summed E-state index contributed by atoms with van der Waals surface area (Å²) in [6.45, 7) is 5.88. The van der Waals surface area contributed by atoms with Crippen LogP contribution in [0.4, 0.5) is 0 Å². The van der Waals surface area contributed by atoms with E-state index >= 15 is 0 Å². The van der Waals surface area contributed by atoms with Crippen LogP contribution in [0.2, 0.25) is 4.97 Å². The molecule has 2 aromatic rings. The van der Waals surface area contributed by atoms with Crippen LogP contribution in [0, 0.1) is 0 Å². The Morgan fingerprint density at radius 2 is 2.06 bits per heavy atom. The standard InChI is InChI=1S/C10H14N4OTe/c1-10(2,3)7-9(15)14-8(13-12-7)6(16-4)5-11-14/h5,11H,1-4H3. The maximum absolute atomic E-state index is 12.1. The molecule has 0 radical (unpaired) electrons. The molecule has 0 aliphatic rings. The summed E-state index contributed by atoms with van der Waals surface area (Å²) >= 11 is -0.269. The van der Waals surface area contributed by atoms with Gasteiger partial charge in [-0.2, -0.15) is 0 Å². The second-order valence-electron chi connectivity index (χ2n) is 4.60. The summed E-state index contributed by atoms with van der Waals surface area (Å²) in [5.41, 5.74) is 0.807. The molecular formula is C10H14N4OTe. The predicted octanol–water partition coefficient (Wildman–Crippen LogP) is 0.0927. The molecule has 2 heterocycles. The van der Waals surface area contributed by atoms with Gasteiger partial charge < -0.3 is 0 Å². The molecule has 0 aliphatic heterocycles. The van der Waals surface area contributed by atoms with Crippen molar-refractivity contribution < 1.29 is 0 Å². The Kier molecular flexibility index (Phi) is 2.81. The number of hydrogen-bond donors (Lipinski definition) is 1. The molecule has 1 N–H and O–H groups in total. The van der Waals surface area contributed by atoms with Gasteiger partial charge in [-0.1, -0.05) is 0 Å².